The molecule has 0 aliphatic rings. The van der Waals surface area contributed by atoms with Crippen molar-refractivity contribution in [1.29, 1.82) is 0 Å². The zero-order valence-electron chi connectivity index (χ0n) is 16.4. The first kappa shape index (κ1) is 20.4. The van der Waals surface area contributed by atoms with Gasteiger partial charge in [-0.05, 0) is 42.5 Å². The molecule has 6 nitrogen and oxygen atoms in total. The predicted octanol–water partition coefficient (Wildman–Crippen LogP) is 3.66. The molecule has 2 heterocycles. The molecule has 148 valence electrons. The minimum absolute atomic E-state index is 0.471. The first-order chi connectivity index (χ1) is 13.5. The minimum Gasteiger partial charge on any atom is -0.356 e. The van der Waals surface area contributed by atoms with E-state index in [9.17, 15) is 0 Å². The Morgan fingerprint density at radius 1 is 1.29 bits per heavy atom. The largest absolute Gasteiger partial charge is 0.356 e. The van der Waals surface area contributed by atoms with Crippen LogP contribution in [0.1, 0.15) is 22.1 Å². The molecule has 0 spiro atoms. The highest BCUT2D eigenvalue weighted by atomic mass is 35.5. The molecule has 1 N–H and O–H groups in total. The molecule has 0 radical (unpaired) electrons. The topological polar surface area (TPSA) is 58.3 Å². The van der Waals surface area contributed by atoms with Crippen LogP contribution in [0.15, 0.2) is 46.8 Å². The Balaban J connectivity index is 1.70. The van der Waals surface area contributed by atoms with Crippen LogP contribution < -0.4 is 5.32 Å². The molecule has 0 unspecified atom stereocenters. The van der Waals surface area contributed by atoms with Crippen molar-refractivity contribution >= 4 is 28.9 Å². The van der Waals surface area contributed by atoms with E-state index >= 15 is 0 Å². The number of nitrogens with one attached hydrogen (secondary N) is 1. The number of aryl methyl sites for hydroxylation is 1. The van der Waals surface area contributed by atoms with Gasteiger partial charge in [0.1, 0.15) is 12.4 Å². The molecule has 0 fully saturated rings. The SMILES string of the molecule is Cc1nnc(CN=C(NCCc2cccs2)N(C)Cc2cccc(Cl)c2)n1C. The van der Waals surface area contributed by atoms with Gasteiger partial charge in [0.2, 0.25) is 0 Å². The number of hydrogen-bond donors (Lipinski definition) is 1. The van der Waals surface area contributed by atoms with Crippen molar-refractivity contribution in [1.82, 2.24) is 25.0 Å². The predicted molar refractivity (Wildman–Crippen MR) is 116 cm³/mol. The van der Waals surface area contributed by atoms with E-state index < -0.39 is 0 Å². The lowest BCUT2D eigenvalue weighted by atomic mass is 10.2. The van der Waals surface area contributed by atoms with Crippen LogP contribution in [0, 0.1) is 6.92 Å². The normalized spacial score (nSPS) is 11.6. The fourth-order valence-corrected chi connectivity index (χ4v) is 3.70. The van der Waals surface area contributed by atoms with Crippen LogP contribution in [-0.2, 0) is 26.6 Å². The fourth-order valence-electron chi connectivity index (χ4n) is 2.78. The van der Waals surface area contributed by atoms with E-state index in [0.29, 0.717) is 13.1 Å². The lowest BCUT2D eigenvalue weighted by Crippen LogP contribution is -2.39. The summed E-state index contributed by atoms with van der Waals surface area (Å²) < 4.78 is 1.96. The number of thiophene rings is 1. The second kappa shape index (κ2) is 9.71. The number of nitrogens with zero attached hydrogens (tertiary/aromatic N) is 5. The molecule has 0 saturated heterocycles. The molecule has 3 aromatic rings. The highest BCUT2D eigenvalue weighted by Crippen LogP contribution is 2.13. The van der Waals surface area contributed by atoms with E-state index in [4.69, 9.17) is 16.6 Å². The van der Waals surface area contributed by atoms with Gasteiger partial charge >= 0.3 is 0 Å². The van der Waals surface area contributed by atoms with Crippen molar-refractivity contribution in [2.24, 2.45) is 12.0 Å². The average Bonchev–Trinajstić information content (AvgIpc) is 3.29. The molecular formula is C20H25ClN6S. The molecule has 0 atom stereocenters. The third-order valence-corrected chi connectivity index (χ3v) is 5.63. The minimum atomic E-state index is 0.471. The van der Waals surface area contributed by atoms with Crippen LogP contribution in [0.25, 0.3) is 0 Å². The van der Waals surface area contributed by atoms with Crippen molar-refractivity contribution in [2.75, 3.05) is 13.6 Å². The zero-order valence-corrected chi connectivity index (χ0v) is 18.0. The van der Waals surface area contributed by atoms with E-state index in [0.717, 1.165) is 41.2 Å². The molecule has 2 aromatic heterocycles. The highest BCUT2D eigenvalue weighted by Gasteiger charge is 2.10. The van der Waals surface area contributed by atoms with Gasteiger partial charge in [-0.25, -0.2) is 4.99 Å². The summed E-state index contributed by atoms with van der Waals surface area (Å²) in [6.45, 7) is 3.94. The first-order valence-electron chi connectivity index (χ1n) is 9.14. The van der Waals surface area contributed by atoms with Crippen LogP contribution in [0.4, 0.5) is 0 Å². The van der Waals surface area contributed by atoms with E-state index in [2.05, 4.69) is 44.0 Å². The first-order valence-corrected chi connectivity index (χ1v) is 10.4. The highest BCUT2D eigenvalue weighted by molar-refractivity contribution is 7.09. The van der Waals surface area contributed by atoms with Gasteiger partial charge in [-0.3, -0.25) is 0 Å². The van der Waals surface area contributed by atoms with Crippen molar-refractivity contribution in [3.8, 4) is 0 Å². The molecule has 0 saturated carbocycles. The number of guanidine groups is 1. The molecule has 0 aliphatic carbocycles. The second-order valence-corrected chi connectivity index (χ2v) is 8.07. The van der Waals surface area contributed by atoms with E-state index in [1.54, 1.807) is 11.3 Å². The summed E-state index contributed by atoms with van der Waals surface area (Å²) in [5.41, 5.74) is 1.14. The summed E-state index contributed by atoms with van der Waals surface area (Å²) in [5, 5.41) is 14.6. The van der Waals surface area contributed by atoms with Crippen LogP contribution in [0.3, 0.4) is 0 Å². The summed E-state index contributed by atoms with van der Waals surface area (Å²) in [4.78, 5) is 8.24. The van der Waals surface area contributed by atoms with Crippen LogP contribution in [-0.4, -0.2) is 39.2 Å². The van der Waals surface area contributed by atoms with Crippen LogP contribution in [0.2, 0.25) is 5.02 Å². The van der Waals surface area contributed by atoms with Gasteiger partial charge in [0.05, 0.1) is 0 Å². The van der Waals surface area contributed by atoms with Crippen molar-refractivity contribution in [3.63, 3.8) is 0 Å². The maximum absolute atomic E-state index is 6.13. The molecule has 28 heavy (non-hydrogen) atoms. The molecular weight excluding hydrogens is 392 g/mol. The fraction of sp³-hybridized carbons (Fsp3) is 0.350. The number of aromatic nitrogens is 3. The van der Waals surface area contributed by atoms with E-state index in [1.165, 1.54) is 4.88 Å². The van der Waals surface area contributed by atoms with Gasteiger partial charge in [-0.15, -0.1) is 21.5 Å². The monoisotopic (exact) mass is 416 g/mol. The smallest absolute Gasteiger partial charge is 0.194 e. The molecule has 1 aromatic carbocycles. The Labute approximate surface area is 174 Å². The Hall–Kier alpha value is -2.38. The third kappa shape index (κ3) is 5.56. The number of rotatable bonds is 7. The maximum atomic E-state index is 6.13. The van der Waals surface area contributed by atoms with Crippen molar-refractivity contribution in [3.05, 3.63) is 68.9 Å². The number of hydrogen-bond acceptors (Lipinski definition) is 4. The quantitative estimate of drug-likeness (QED) is 0.471. The summed E-state index contributed by atoms with van der Waals surface area (Å²) in [6.07, 6.45) is 0.963. The summed E-state index contributed by atoms with van der Waals surface area (Å²) in [6, 6.07) is 12.1. The van der Waals surface area contributed by atoms with Crippen molar-refractivity contribution in [2.45, 2.75) is 26.4 Å². The van der Waals surface area contributed by atoms with Gasteiger partial charge in [0, 0.05) is 37.1 Å². The molecule has 8 heteroatoms. The molecule has 0 aliphatic heterocycles. The molecule has 3 rings (SSSR count). The molecule has 0 amide bonds. The Bertz CT molecular complexity index is 919. The Morgan fingerprint density at radius 3 is 2.82 bits per heavy atom. The van der Waals surface area contributed by atoms with Crippen molar-refractivity contribution < 1.29 is 0 Å². The number of halogens is 1. The van der Waals surface area contributed by atoms with Crippen LogP contribution >= 0.6 is 22.9 Å². The standard InChI is InChI=1S/C20H25ClN6S/c1-15-24-25-19(27(15)3)13-23-20(22-10-9-18-8-5-11-28-18)26(2)14-16-6-4-7-17(21)12-16/h4-8,11-12H,9-10,13-14H2,1-3H3,(H,22,23). The lowest BCUT2D eigenvalue weighted by molar-refractivity contribution is 0.474. The van der Waals surface area contributed by atoms with E-state index in [1.807, 2.05) is 43.8 Å². The van der Waals surface area contributed by atoms with Gasteiger partial charge in [-0.2, -0.15) is 0 Å². The summed E-state index contributed by atoms with van der Waals surface area (Å²) >= 11 is 7.90. The average molecular weight is 417 g/mol. The Kier molecular flexibility index (Phi) is 7.06. The third-order valence-electron chi connectivity index (χ3n) is 4.46. The number of aliphatic imine (C=N–C) groups is 1. The molecule has 0 bridgehead atoms. The van der Waals surface area contributed by atoms with Gasteiger partial charge in [0.15, 0.2) is 11.8 Å². The second-order valence-electron chi connectivity index (χ2n) is 6.60. The Morgan fingerprint density at radius 2 is 2.14 bits per heavy atom. The summed E-state index contributed by atoms with van der Waals surface area (Å²) in [5.74, 6) is 2.55. The summed E-state index contributed by atoms with van der Waals surface area (Å²) in [7, 11) is 3.99. The number of benzene rings is 1. The van der Waals surface area contributed by atoms with Gasteiger partial charge in [0.25, 0.3) is 0 Å². The van der Waals surface area contributed by atoms with Gasteiger partial charge < -0.3 is 14.8 Å². The van der Waals surface area contributed by atoms with Crippen LogP contribution in [0.5, 0.6) is 0 Å². The maximum Gasteiger partial charge on any atom is 0.194 e. The lowest BCUT2D eigenvalue weighted by Gasteiger charge is -2.22. The van der Waals surface area contributed by atoms with E-state index in [-0.39, 0.29) is 0 Å². The zero-order chi connectivity index (χ0) is 19.9. The van der Waals surface area contributed by atoms with Gasteiger partial charge in [-0.1, -0.05) is 29.8 Å².